The first-order valence-corrected chi connectivity index (χ1v) is 11.4. The Hall–Kier alpha value is -4.11. The van der Waals surface area contributed by atoms with Crippen molar-refractivity contribution < 1.29 is 24.2 Å². The zero-order valence-electron chi connectivity index (χ0n) is 19.9. The monoisotopic (exact) mass is 476 g/mol. The third-order valence-corrected chi connectivity index (χ3v) is 5.85. The number of aromatic nitrogens is 1. The van der Waals surface area contributed by atoms with E-state index in [1.54, 1.807) is 30.6 Å². The van der Waals surface area contributed by atoms with Crippen LogP contribution in [-0.2, 0) is 0 Å². The maximum absolute atomic E-state index is 11.9. The molecule has 2 aromatic heterocycles. The minimum atomic E-state index is -1.31. The molecule has 1 aliphatic heterocycles. The smallest absolute Gasteiger partial charge is 0.345 e. The van der Waals surface area contributed by atoms with E-state index in [2.05, 4.69) is 34.0 Å². The van der Waals surface area contributed by atoms with Gasteiger partial charge in [-0.2, -0.15) is 0 Å². The zero-order chi connectivity index (χ0) is 24.9. The molecule has 0 amide bonds. The highest BCUT2D eigenvalue weighted by atomic mass is 16.5. The summed E-state index contributed by atoms with van der Waals surface area (Å²) in [7, 11) is 0. The number of likely N-dealkylation sites (N-methyl/N-ethyl adjacent to an activating group) is 1. The predicted molar refractivity (Wildman–Crippen MR) is 135 cm³/mol. The molecule has 0 fully saturated rings. The lowest BCUT2D eigenvalue weighted by molar-refractivity contribution is 0.0695. The molecule has 1 aromatic carbocycles. The number of fused-ring (bicyclic) bond motifs is 1. The Morgan fingerprint density at radius 3 is 2.77 bits per heavy atom. The first kappa shape index (κ1) is 24.0. The van der Waals surface area contributed by atoms with Crippen molar-refractivity contribution in [1.82, 2.24) is 9.88 Å². The number of pyridine rings is 1. The van der Waals surface area contributed by atoms with Gasteiger partial charge in [-0.15, -0.1) is 0 Å². The highest BCUT2D eigenvalue weighted by molar-refractivity contribution is 6.21. The van der Waals surface area contributed by atoms with Gasteiger partial charge in [-0.25, -0.2) is 14.8 Å². The zero-order valence-corrected chi connectivity index (χ0v) is 19.9. The third-order valence-electron chi connectivity index (χ3n) is 5.85. The Balaban J connectivity index is 1.55. The van der Waals surface area contributed by atoms with Gasteiger partial charge in [-0.05, 0) is 62.0 Å². The first-order chi connectivity index (χ1) is 16.9. The molecule has 0 radical (unpaired) electrons. The number of carboxylic acid groups (broad SMARTS) is 1. The summed E-state index contributed by atoms with van der Waals surface area (Å²) in [5.74, 6) is -0.559. The summed E-state index contributed by atoms with van der Waals surface area (Å²) in [6.07, 6.45) is 4.78. The van der Waals surface area contributed by atoms with E-state index in [9.17, 15) is 15.0 Å². The van der Waals surface area contributed by atoms with Gasteiger partial charge >= 0.3 is 5.97 Å². The highest BCUT2D eigenvalue weighted by Gasteiger charge is 2.26. The molecular weight excluding hydrogens is 448 g/mol. The lowest BCUT2D eigenvalue weighted by Crippen LogP contribution is -2.27. The molecule has 0 saturated carbocycles. The Bertz CT molecular complexity index is 1290. The van der Waals surface area contributed by atoms with Crippen LogP contribution in [0, 0.1) is 6.92 Å². The fraction of sp³-hybridized carbons (Fsp3) is 0.269. The standard InChI is InChI=1S/C26H28N4O5/c1-4-30(5-2)11-12-34-18-8-9-20(16(3)13-18)29-25-22(26(32)33)23(31)21(35-25)14-17-15-28-24-19(17)7-6-10-27-24/h6-10,13-15,29,31H,4-5,11-12H2,1-3H3,(H,32,33). The Morgan fingerprint density at radius 1 is 1.26 bits per heavy atom. The average molecular weight is 477 g/mol. The molecule has 3 heterocycles. The summed E-state index contributed by atoms with van der Waals surface area (Å²) in [6.45, 7) is 9.46. The molecule has 0 saturated heterocycles. The Kier molecular flexibility index (Phi) is 7.17. The van der Waals surface area contributed by atoms with Crippen LogP contribution in [-0.4, -0.2) is 58.5 Å². The lowest BCUT2D eigenvalue weighted by Gasteiger charge is -2.18. The second-order valence-corrected chi connectivity index (χ2v) is 8.03. The number of allylic oxidation sites excluding steroid dienone is 1. The van der Waals surface area contributed by atoms with E-state index in [-0.39, 0.29) is 17.2 Å². The molecule has 3 N–H and O–H groups in total. The van der Waals surface area contributed by atoms with E-state index in [0.717, 1.165) is 36.5 Å². The van der Waals surface area contributed by atoms with Gasteiger partial charge in [0.15, 0.2) is 22.9 Å². The van der Waals surface area contributed by atoms with E-state index in [1.807, 2.05) is 25.1 Å². The fourth-order valence-corrected chi connectivity index (χ4v) is 3.83. The fourth-order valence-electron chi connectivity index (χ4n) is 3.83. The van der Waals surface area contributed by atoms with Gasteiger partial charge in [0.2, 0.25) is 5.88 Å². The number of aromatic carboxylic acids is 1. The molecule has 9 nitrogen and oxygen atoms in total. The lowest BCUT2D eigenvalue weighted by atomic mass is 10.1. The van der Waals surface area contributed by atoms with Crippen molar-refractivity contribution in [3.63, 3.8) is 0 Å². The van der Waals surface area contributed by atoms with Crippen LogP contribution in [0.5, 0.6) is 11.5 Å². The molecule has 35 heavy (non-hydrogen) atoms. The van der Waals surface area contributed by atoms with Gasteiger partial charge < -0.3 is 29.6 Å². The molecule has 3 aromatic rings. The number of furan rings is 1. The van der Waals surface area contributed by atoms with Crippen molar-refractivity contribution in [3.05, 3.63) is 59.0 Å². The van der Waals surface area contributed by atoms with Crippen LogP contribution in [0.3, 0.4) is 0 Å². The summed E-state index contributed by atoms with van der Waals surface area (Å²) < 4.78 is 11.6. The summed E-state index contributed by atoms with van der Waals surface area (Å²) in [5.41, 5.74) is 2.54. The van der Waals surface area contributed by atoms with Crippen molar-refractivity contribution in [2.24, 2.45) is 4.99 Å². The molecule has 4 rings (SSSR count). The second-order valence-electron chi connectivity index (χ2n) is 8.03. The van der Waals surface area contributed by atoms with Crippen molar-refractivity contribution in [2.45, 2.75) is 20.8 Å². The normalized spacial score (nSPS) is 13.4. The average Bonchev–Trinajstić information content (AvgIpc) is 3.39. The highest BCUT2D eigenvalue weighted by Crippen LogP contribution is 2.39. The molecule has 0 bridgehead atoms. The van der Waals surface area contributed by atoms with E-state index in [1.165, 1.54) is 0 Å². The molecule has 0 spiro atoms. The minimum Gasteiger partial charge on any atom is -0.504 e. The number of carbonyl (C=O) groups is 1. The van der Waals surface area contributed by atoms with Crippen LogP contribution < -0.4 is 10.1 Å². The molecule has 9 heteroatoms. The summed E-state index contributed by atoms with van der Waals surface area (Å²) in [6, 6.07) is 9.08. The number of hydrogen-bond donors (Lipinski definition) is 3. The minimum absolute atomic E-state index is 0.0112. The quantitative estimate of drug-likeness (QED) is 0.369. The van der Waals surface area contributed by atoms with E-state index in [0.29, 0.717) is 23.7 Å². The maximum atomic E-state index is 11.9. The van der Waals surface area contributed by atoms with Gasteiger partial charge in [0.25, 0.3) is 0 Å². The summed E-state index contributed by atoms with van der Waals surface area (Å²) in [4.78, 5) is 22.6. The van der Waals surface area contributed by atoms with E-state index in [4.69, 9.17) is 9.15 Å². The molecule has 0 unspecified atom stereocenters. The largest absolute Gasteiger partial charge is 0.504 e. The SMILES string of the molecule is CCN(CC)CCOc1ccc(Nc2oc(C=C3C=Nc4ncccc43)c(O)c2C(=O)O)c(C)c1. The van der Waals surface area contributed by atoms with Crippen LogP contribution in [0.15, 0.2) is 45.9 Å². The van der Waals surface area contributed by atoms with Crippen molar-refractivity contribution in [1.29, 1.82) is 0 Å². The van der Waals surface area contributed by atoms with Gasteiger partial charge in [0.1, 0.15) is 12.4 Å². The van der Waals surface area contributed by atoms with Crippen molar-refractivity contribution >= 4 is 41.2 Å². The van der Waals surface area contributed by atoms with E-state index < -0.39 is 11.7 Å². The molecule has 0 atom stereocenters. The molecule has 1 aliphatic rings. The number of hydrogen-bond acceptors (Lipinski definition) is 8. The number of aliphatic imine (C=N–C) groups is 1. The molecule has 182 valence electrons. The third kappa shape index (κ3) is 5.20. The van der Waals surface area contributed by atoms with Crippen LogP contribution in [0.4, 0.5) is 17.4 Å². The summed E-state index contributed by atoms with van der Waals surface area (Å²) in [5, 5.41) is 23.3. The van der Waals surface area contributed by atoms with Crippen molar-refractivity contribution in [2.75, 3.05) is 31.6 Å². The number of carboxylic acids is 1. The van der Waals surface area contributed by atoms with Gasteiger partial charge in [-0.3, -0.25) is 0 Å². The molecule has 0 aliphatic carbocycles. The van der Waals surface area contributed by atoms with Crippen molar-refractivity contribution in [3.8, 4) is 11.5 Å². The van der Waals surface area contributed by atoms with Crippen LogP contribution in [0.25, 0.3) is 11.6 Å². The number of nitrogens with zero attached hydrogens (tertiary/aromatic N) is 3. The number of aromatic hydroxyl groups is 1. The number of aryl methyl sites for hydroxylation is 1. The topological polar surface area (TPSA) is 120 Å². The van der Waals surface area contributed by atoms with Gasteiger partial charge in [0.05, 0.1) is 0 Å². The predicted octanol–water partition coefficient (Wildman–Crippen LogP) is 5.11. The Labute approximate surface area is 203 Å². The second kappa shape index (κ2) is 10.4. The van der Waals surface area contributed by atoms with Gasteiger partial charge in [-0.1, -0.05) is 13.8 Å². The molecular formula is C26H28N4O5. The van der Waals surface area contributed by atoms with Gasteiger partial charge in [0, 0.05) is 35.8 Å². The number of nitrogens with one attached hydrogen (secondary N) is 1. The Morgan fingerprint density at radius 2 is 2.06 bits per heavy atom. The number of anilines is 2. The number of ether oxygens (including phenoxy) is 1. The maximum Gasteiger partial charge on any atom is 0.345 e. The number of benzene rings is 1. The van der Waals surface area contributed by atoms with Crippen LogP contribution in [0.2, 0.25) is 0 Å². The summed E-state index contributed by atoms with van der Waals surface area (Å²) >= 11 is 0. The van der Waals surface area contributed by atoms with Crippen LogP contribution >= 0.6 is 0 Å². The van der Waals surface area contributed by atoms with E-state index >= 15 is 0 Å². The van der Waals surface area contributed by atoms with Crippen LogP contribution in [0.1, 0.15) is 41.1 Å². The number of rotatable bonds is 10. The first-order valence-electron chi connectivity index (χ1n) is 11.4.